The Morgan fingerprint density at radius 3 is 2.47 bits per heavy atom. The van der Waals surface area contributed by atoms with Crippen molar-refractivity contribution in [1.82, 2.24) is 4.90 Å². The molecule has 1 amide bonds. The predicted molar refractivity (Wildman–Crippen MR) is 70.7 cm³/mol. The molecule has 2 nitrogen and oxygen atoms in total. The van der Waals surface area contributed by atoms with E-state index < -0.39 is 0 Å². The summed E-state index contributed by atoms with van der Waals surface area (Å²) in [6.07, 6.45) is 0.519. The van der Waals surface area contributed by atoms with Gasteiger partial charge in [-0.25, -0.2) is 0 Å². The molecule has 5 heteroatoms. The molecule has 1 aliphatic rings. The first-order chi connectivity index (χ1) is 8.11. The van der Waals surface area contributed by atoms with Crippen LogP contribution in [0.25, 0.3) is 0 Å². The molecule has 0 aliphatic carbocycles. The van der Waals surface area contributed by atoms with Crippen LogP contribution in [0.2, 0.25) is 10.0 Å². The summed E-state index contributed by atoms with van der Waals surface area (Å²) in [7, 11) is 0. The molecule has 0 spiro atoms. The Bertz CT molecular complexity index is 416. The summed E-state index contributed by atoms with van der Waals surface area (Å²) in [5.41, 5.74) is 0.805. The van der Waals surface area contributed by atoms with Gasteiger partial charge < -0.3 is 4.90 Å². The molecule has 0 saturated carbocycles. The van der Waals surface area contributed by atoms with E-state index in [0.717, 1.165) is 5.56 Å². The van der Waals surface area contributed by atoms with Crippen LogP contribution in [-0.2, 0) is 11.3 Å². The number of carbonyl (C=O) groups is 1. The lowest BCUT2D eigenvalue weighted by Crippen LogP contribution is -2.25. The molecule has 1 saturated heterocycles. The second-order valence-corrected chi connectivity index (χ2v) is 5.32. The van der Waals surface area contributed by atoms with Crippen molar-refractivity contribution in [2.24, 2.45) is 5.92 Å². The third kappa shape index (κ3) is 2.87. The molecule has 1 unspecified atom stereocenters. The number of halogens is 3. The van der Waals surface area contributed by atoms with Gasteiger partial charge in [0.05, 0.1) is 0 Å². The number of nitrogens with zero attached hydrogens (tertiary/aromatic N) is 1. The first-order valence-electron chi connectivity index (χ1n) is 5.38. The summed E-state index contributed by atoms with van der Waals surface area (Å²) >= 11 is 17.9. The van der Waals surface area contributed by atoms with Gasteiger partial charge in [-0.05, 0) is 18.1 Å². The highest BCUT2D eigenvalue weighted by molar-refractivity contribution is 6.36. The average molecular weight is 293 g/mol. The molecular weight excluding hydrogens is 280 g/mol. The van der Waals surface area contributed by atoms with E-state index in [2.05, 4.69) is 0 Å². The lowest BCUT2D eigenvalue weighted by atomic mass is 10.1. The molecule has 1 aliphatic heterocycles. The fourth-order valence-electron chi connectivity index (χ4n) is 1.98. The van der Waals surface area contributed by atoms with Crippen molar-refractivity contribution in [1.29, 1.82) is 0 Å². The van der Waals surface area contributed by atoms with E-state index in [-0.39, 0.29) is 11.8 Å². The van der Waals surface area contributed by atoms with E-state index in [1.165, 1.54) is 0 Å². The Balaban J connectivity index is 2.14. The van der Waals surface area contributed by atoms with Gasteiger partial charge in [0, 0.05) is 41.0 Å². The monoisotopic (exact) mass is 291 g/mol. The van der Waals surface area contributed by atoms with Crippen molar-refractivity contribution in [2.75, 3.05) is 12.4 Å². The molecular formula is C12H12Cl3NO. The van der Waals surface area contributed by atoms with E-state index in [1.54, 1.807) is 23.1 Å². The molecule has 2 rings (SSSR count). The van der Waals surface area contributed by atoms with Crippen molar-refractivity contribution in [3.8, 4) is 0 Å². The number of alkyl halides is 1. The Labute approximate surface area is 115 Å². The van der Waals surface area contributed by atoms with Gasteiger partial charge in [-0.3, -0.25) is 4.79 Å². The van der Waals surface area contributed by atoms with E-state index >= 15 is 0 Å². The van der Waals surface area contributed by atoms with E-state index in [9.17, 15) is 4.79 Å². The topological polar surface area (TPSA) is 20.3 Å². The average Bonchev–Trinajstić information content (AvgIpc) is 2.65. The van der Waals surface area contributed by atoms with Crippen LogP contribution in [-0.4, -0.2) is 23.2 Å². The number of benzene rings is 1. The summed E-state index contributed by atoms with van der Waals surface area (Å²) in [6.45, 7) is 1.15. The maximum atomic E-state index is 11.8. The Morgan fingerprint density at radius 2 is 1.94 bits per heavy atom. The highest BCUT2D eigenvalue weighted by Crippen LogP contribution is 2.28. The molecule has 1 aromatic carbocycles. The van der Waals surface area contributed by atoms with Gasteiger partial charge in [0.2, 0.25) is 5.91 Å². The lowest BCUT2D eigenvalue weighted by molar-refractivity contribution is -0.128. The third-order valence-corrected chi connectivity index (χ3v) is 4.07. The number of hydrogen-bond donors (Lipinski definition) is 0. The summed E-state index contributed by atoms with van der Waals surface area (Å²) < 4.78 is 0. The minimum atomic E-state index is 0.117. The van der Waals surface area contributed by atoms with Crippen LogP contribution in [0.4, 0.5) is 0 Å². The molecule has 1 aromatic rings. The lowest BCUT2D eigenvalue weighted by Gasteiger charge is -2.18. The molecule has 17 heavy (non-hydrogen) atoms. The van der Waals surface area contributed by atoms with E-state index in [1.807, 2.05) is 0 Å². The first-order valence-corrected chi connectivity index (χ1v) is 6.67. The van der Waals surface area contributed by atoms with Crippen molar-refractivity contribution in [3.05, 3.63) is 33.8 Å². The maximum absolute atomic E-state index is 11.8. The molecule has 1 heterocycles. The summed E-state index contributed by atoms with van der Waals surface area (Å²) in [6, 6.07) is 5.35. The highest BCUT2D eigenvalue weighted by Gasteiger charge is 2.29. The fourth-order valence-corrected chi connectivity index (χ4v) is 2.71. The van der Waals surface area contributed by atoms with Crippen LogP contribution in [0.15, 0.2) is 18.2 Å². The predicted octanol–water partition coefficient (Wildman–Crippen LogP) is 3.58. The van der Waals surface area contributed by atoms with Gasteiger partial charge in [0.1, 0.15) is 0 Å². The van der Waals surface area contributed by atoms with Crippen LogP contribution in [0.3, 0.4) is 0 Å². The van der Waals surface area contributed by atoms with Crippen LogP contribution in [0.5, 0.6) is 0 Å². The molecule has 1 fully saturated rings. The van der Waals surface area contributed by atoms with Gasteiger partial charge >= 0.3 is 0 Å². The summed E-state index contributed by atoms with van der Waals surface area (Å²) in [5.74, 6) is 0.871. The Hall–Kier alpha value is -0.440. The van der Waals surface area contributed by atoms with Crippen LogP contribution in [0.1, 0.15) is 12.0 Å². The van der Waals surface area contributed by atoms with E-state index in [4.69, 9.17) is 34.8 Å². The zero-order valence-electron chi connectivity index (χ0n) is 9.13. The fraction of sp³-hybridized carbons (Fsp3) is 0.417. The normalized spacial score (nSPS) is 20.1. The number of amides is 1. The van der Waals surface area contributed by atoms with Gasteiger partial charge in [-0.15, -0.1) is 11.6 Å². The number of hydrogen-bond acceptors (Lipinski definition) is 1. The van der Waals surface area contributed by atoms with Crippen LogP contribution < -0.4 is 0 Å². The smallest absolute Gasteiger partial charge is 0.223 e. The van der Waals surface area contributed by atoms with Crippen LogP contribution in [0, 0.1) is 5.92 Å². The molecule has 0 radical (unpaired) electrons. The highest BCUT2D eigenvalue weighted by atomic mass is 35.5. The largest absolute Gasteiger partial charge is 0.338 e. The summed E-state index contributed by atoms with van der Waals surface area (Å²) in [5, 5.41) is 1.19. The quantitative estimate of drug-likeness (QED) is 0.780. The molecule has 0 aromatic heterocycles. The van der Waals surface area contributed by atoms with Crippen molar-refractivity contribution in [2.45, 2.75) is 13.0 Å². The van der Waals surface area contributed by atoms with E-state index in [0.29, 0.717) is 35.4 Å². The Morgan fingerprint density at radius 1 is 1.29 bits per heavy atom. The first kappa shape index (κ1) is 13.0. The molecule has 0 bridgehead atoms. The number of carbonyl (C=O) groups excluding carboxylic acids is 1. The standard InChI is InChI=1S/C12H12Cl3NO/c13-5-8-4-12(17)16(6-8)7-9-10(14)2-1-3-11(9)15/h1-3,8H,4-7H2. The zero-order chi connectivity index (χ0) is 12.4. The molecule has 1 atom stereocenters. The van der Waals surface area contributed by atoms with Gasteiger partial charge in [0.25, 0.3) is 0 Å². The molecule has 0 N–H and O–H groups in total. The van der Waals surface area contributed by atoms with Crippen molar-refractivity contribution >= 4 is 40.7 Å². The molecule has 92 valence electrons. The van der Waals surface area contributed by atoms with Gasteiger partial charge in [-0.2, -0.15) is 0 Å². The summed E-state index contributed by atoms with van der Waals surface area (Å²) in [4.78, 5) is 13.5. The number of likely N-dealkylation sites (tertiary alicyclic amines) is 1. The van der Waals surface area contributed by atoms with Gasteiger partial charge in [-0.1, -0.05) is 29.3 Å². The Kier molecular flexibility index (Phi) is 4.18. The second kappa shape index (κ2) is 5.47. The zero-order valence-corrected chi connectivity index (χ0v) is 11.4. The van der Waals surface area contributed by atoms with Crippen molar-refractivity contribution < 1.29 is 4.79 Å². The van der Waals surface area contributed by atoms with Gasteiger partial charge in [0.15, 0.2) is 0 Å². The maximum Gasteiger partial charge on any atom is 0.223 e. The SMILES string of the molecule is O=C1CC(CCl)CN1Cc1c(Cl)cccc1Cl. The minimum absolute atomic E-state index is 0.117. The third-order valence-electron chi connectivity index (χ3n) is 2.92. The second-order valence-electron chi connectivity index (χ2n) is 4.20. The number of rotatable bonds is 3. The van der Waals surface area contributed by atoms with Crippen molar-refractivity contribution in [3.63, 3.8) is 0 Å². The van der Waals surface area contributed by atoms with Crippen LogP contribution >= 0.6 is 34.8 Å². The minimum Gasteiger partial charge on any atom is -0.338 e.